The van der Waals surface area contributed by atoms with Crippen LogP contribution in [0.1, 0.15) is 0 Å². The highest BCUT2D eigenvalue weighted by molar-refractivity contribution is 5.74. The second-order valence-electron chi connectivity index (χ2n) is 3.89. The van der Waals surface area contributed by atoms with Crippen molar-refractivity contribution in [1.82, 2.24) is 9.78 Å². The van der Waals surface area contributed by atoms with Crippen molar-refractivity contribution in [3.05, 3.63) is 30.6 Å². The predicted molar refractivity (Wildman–Crippen MR) is 67.8 cm³/mol. The molecule has 1 heterocycles. The summed E-state index contributed by atoms with van der Waals surface area (Å²) >= 11 is 0. The zero-order valence-electron chi connectivity index (χ0n) is 9.96. The Labute approximate surface area is 104 Å². The number of nitrogen functional groups attached to an aromatic ring is 1. The van der Waals surface area contributed by atoms with Crippen LogP contribution in [0.5, 0.6) is 5.75 Å². The highest BCUT2D eigenvalue weighted by Gasteiger charge is 2.06. The Balaban J connectivity index is 2.33. The molecule has 4 N–H and O–H groups in total. The van der Waals surface area contributed by atoms with Gasteiger partial charge >= 0.3 is 0 Å². The summed E-state index contributed by atoms with van der Waals surface area (Å²) in [6.07, 6.45) is 3.39. The Hall–Kier alpha value is -2.50. The van der Waals surface area contributed by atoms with Crippen LogP contribution >= 0.6 is 0 Å². The minimum Gasteiger partial charge on any atom is -0.497 e. The quantitative estimate of drug-likeness (QED) is 0.773. The van der Waals surface area contributed by atoms with Gasteiger partial charge in [-0.05, 0) is 17.7 Å². The summed E-state index contributed by atoms with van der Waals surface area (Å²) in [5.41, 5.74) is 13.2. The molecule has 1 amide bonds. The second kappa shape index (κ2) is 4.79. The Morgan fingerprint density at radius 2 is 2.17 bits per heavy atom. The van der Waals surface area contributed by atoms with Crippen LogP contribution < -0.4 is 16.2 Å². The molecule has 0 aliphatic rings. The summed E-state index contributed by atoms with van der Waals surface area (Å²) in [7, 11) is 1.58. The topological polar surface area (TPSA) is 96.2 Å². The number of nitrogens with zero attached hydrogens (tertiary/aromatic N) is 2. The number of ether oxygens (including phenoxy) is 1. The summed E-state index contributed by atoms with van der Waals surface area (Å²) in [6.45, 7) is 0.0550. The minimum absolute atomic E-state index is 0.0550. The largest absolute Gasteiger partial charge is 0.497 e. The minimum atomic E-state index is -0.435. The average Bonchev–Trinajstić information content (AvgIpc) is 2.75. The van der Waals surface area contributed by atoms with Crippen LogP contribution in [-0.4, -0.2) is 22.8 Å². The van der Waals surface area contributed by atoms with Crippen LogP contribution in [0.15, 0.2) is 30.6 Å². The zero-order chi connectivity index (χ0) is 13.1. The number of carbonyl (C=O) groups is 1. The van der Waals surface area contributed by atoms with Gasteiger partial charge in [0.15, 0.2) is 0 Å². The molecule has 0 saturated carbocycles. The van der Waals surface area contributed by atoms with E-state index in [9.17, 15) is 4.79 Å². The monoisotopic (exact) mass is 246 g/mol. The van der Waals surface area contributed by atoms with E-state index < -0.39 is 5.91 Å². The Bertz CT molecular complexity index is 577. The van der Waals surface area contributed by atoms with Crippen molar-refractivity contribution in [3.8, 4) is 16.9 Å². The third kappa shape index (κ3) is 2.60. The van der Waals surface area contributed by atoms with Gasteiger partial charge in [0, 0.05) is 23.5 Å². The van der Waals surface area contributed by atoms with Crippen molar-refractivity contribution < 1.29 is 9.53 Å². The smallest absolute Gasteiger partial charge is 0.239 e. The molecule has 0 aliphatic heterocycles. The summed E-state index contributed by atoms with van der Waals surface area (Å²) in [4.78, 5) is 10.8. The predicted octanol–water partition coefficient (Wildman–Crippen LogP) is 0.626. The number of hydrogen-bond acceptors (Lipinski definition) is 4. The molecule has 1 aromatic carbocycles. The van der Waals surface area contributed by atoms with Gasteiger partial charge in [-0.2, -0.15) is 5.10 Å². The number of anilines is 1. The van der Waals surface area contributed by atoms with Gasteiger partial charge in [-0.3, -0.25) is 9.48 Å². The van der Waals surface area contributed by atoms with Gasteiger partial charge in [-0.25, -0.2) is 0 Å². The van der Waals surface area contributed by atoms with Crippen LogP contribution in [0.25, 0.3) is 11.1 Å². The molecule has 94 valence electrons. The lowest BCUT2D eigenvalue weighted by atomic mass is 10.1. The number of methoxy groups -OCH3 is 1. The van der Waals surface area contributed by atoms with Gasteiger partial charge in [0.1, 0.15) is 12.3 Å². The molecule has 0 radical (unpaired) electrons. The lowest BCUT2D eigenvalue weighted by Crippen LogP contribution is -2.18. The van der Waals surface area contributed by atoms with Crippen molar-refractivity contribution >= 4 is 11.6 Å². The Morgan fingerprint density at radius 1 is 1.39 bits per heavy atom. The van der Waals surface area contributed by atoms with Crippen LogP contribution in [0.2, 0.25) is 0 Å². The molecule has 1 aromatic heterocycles. The third-order valence-corrected chi connectivity index (χ3v) is 2.45. The number of aromatic nitrogens is 2. The highest BCUT2D eigenvalue weighted by Crippen LogP contribution is 2.26. The molecule has 0 aliphatic carbocycles. The first-order valence-electron chi connectivity index (χ1n) is 5.34. The molecule has 6 nitrogen and oxygen atoms in total. The summed E-state index contributed by atoms with van der Waals surface area (Å²) < 4.78 is 6.63. The summed E-state index contributed by atoms with van der Waals surface area (Å²) in [6, 6.07) is 5.40. The number of primary amides is 1. The van der Waals surface area contributed by atoms with Gasteiger partial charge < -0.3 is 16.2 Å². The van der Waals surface area contributed by atoms with Crippen molar-refractivity contribution in [2.24, 2.45) is 5.73 Å². The first-order chi connectivity index (χ1) is 8.58. The fraction of sp³-hybridized carbons (Fsp3) is 0.167. The molecule has 0 bridgehead atoms. The average molecular weight is 246 g/mol. The SMILES string of the molecule is COc1cc(N)cc(-c2cnn(CC(N)=O)c2)c1. The van der Waals surface area contributed by atoms with Gasteiger partial charge in [-0.1, -0.05) is 0 Å². The van der Waals surface area contributed by atoms with Crippen molar-refractivity contribution in [3.63, 3.8) is 0 Å². The molecular formula is C12H14N4O2. The number of amides is 1. The van der Waals surface area contributed by atoms with Crippen LogP contribution in [0.4, 0.5) is 5.69 Å². The van der Waals surface area contributed by atoms with Gasteiger partial charge in [0.05, 0.1) is 13.3 Å². The molecule has 0 saturated heterocycles. The van der Waals surface area contributed by atoms with E-state index in [1.165, 1.54) is 4.68 Å². The van der Waals surface area contributed by atoms with Crippen LogP contribution in [-0.2, 0) is 11.3 Å². The molecule has 2 aromatic rings. The van der Waals surface area contributed by atoms with Crippen LogP contribution in [0, 0.1) is 0 Å². The second-order valence-corrected chi connectivity index (χ2v) is 3.89. The number of carbonyl (C=O) groups excluding carboxylic acids is 1. The van der Waals surface area contributed by atoms with E-state index in [1.54, 1.807) is 25.6 Å². The molecule has 0 atom stereocenters. The van der Waals surface area contributed by atoms with Crippen LogP contribution in [0.3, 0.4) is 0 Å². The normalized spacial score (nSPS) is 10.3. The number of rotatable bonds is 4. The molecule has 0 fully saturated rings. The number of benzene rings is 1. The first-order valence-corrected chi connectivity index (χ1v) is 5.34. The fourth-order valence-corrected chi connectivity index (χ4v) is 1.67. The van der Waals surface area contributed by atoms with E-state index >= 15 is 0 Å². The van der Waals surface area contributed by atoms with E-state index in [0.29, 0.717) is 11.4 Å². The maximum Gasteiger partial charge on any atom is 0.239 e. The lowest BCUT2D eigenvalue weighted by Gasteiger charge is -2.04. The van der Waals surface area contributed by atoms with E-state index in [1.807, 2.05) is 12.1 Å². The summed E-state index contributed by atoms with van der Waals surface area (Å²) in [5, 5.41) is 4.05. The Morgan fingerprint density at radius 3 is 2.83 bits per heavy atom. The standard InChI is InChI=1S/C12H14N4O2/c1-18-11-3-8(2-10(13)4-11)9-5-15-16(6-9)7-12(14)17/h2-6H,7,13H2,1H3,(H2,14,17). The molecule has 2 rings (SSSR count). The highest BCUT2D eigenvalue weighted by atomic mass is 16.5. The van der Waals surface area contributed by atoms with Gasteiger partial charge in [-0.15, -0.1) is 0 Å². The zero-order valence-corrected chi connectivity index (χ0v) is 9.96. The van der Waals surface area contributed by atoms with Crippen molar-refractivity contribution in [2.45, 2.75) is 6.54 Å². The van der Waals surface area contributed by atoms with Crippen molar-refractivity contribution in [2.75, 3.05) is 12.8 Å². The van der Waals surface area contributed by atoms with E-state index in [-0.39, 0.29) is 6.54 Å². The molecule has 18 heavy (non-hydrogen) atoms. The maximum absolute atomic E-state index is 10.8. The third-order valence-electron chi connectivity index (χ3n) is 2.45. The molecule has 0 spiro atoms. The first kappa shape index (κ1) is 12.0. The fourth-order valence-electron chi connectivity index (χ4n) is 1.67. The number of hydrogen-bond donors (Lipinski definition) is 2. The lowest BCUT2D eigenvalue weighted by molar-refractivity contribution is -0.118. The van der Waals surface area contributed by atoms with E-state index in [4.69, 9.17) is 16.2 Å². The van der Waals surface area contributed by atoms with Crippen molar-refractivity contribution in [1.29, 1.82) is 0 Å². The van der Waals surface area contributed by atoms with Gasteiger partial charge in [0.25, 0.3) is 0 Å². The van der Waals surface area contributed by atoms with E-state index in [0.717, 1.165) is 11.1 Å². The molecule has 6 heteroatoms. The molecular weight excluding hydrogens is 232 g/mol. The maximum atomic E-state index is 10.8. The van der Waals surface area contributed by atoms with E-state index in [2.05, 4.69) is 5.10 Å². The number of nitrogens with two attached hydrogens (primary N) is 2. The summed E-state index contributed by atoms with van der Waals surface area (Å²) in [5.74, 6) is 0.238. The molecule has 0 unspecified atom stereocenters. The van der Waals surface area contributed by atoms with Gasteiger partial charge in [0.2, 0.25) is 5.91 Å². The Kier molecular flexibility index (Phi) is 3.18.